The standard InChI is InChI=1S/C11H12Cl4N2O/c1-11(2,3)16(17(14)15)10(18)7-4-5-8(12)9(13)6-7/h4-6H,1-3H3. The van der Waals surface area contributed by atoms with E-state index in [9.17, 15) is 4.79 Å². The van der Waals surface area contributed by atoms with Crippen LogP contribution in [0.2, 0.25) is 10.0 Å². The van der Waals surface area contributed by atoms with Crippen LogP contribution >= 0.6 is 46.8 Å². The van der Waals surface area contributed by atoms with E-state index in [4.69, 9.17) is 46.8 Å². The SMILES string of the molecule is CC(C)(C)N(C(=O)c1ccc(Cl)c(Cl)c1)N(Cl)Cl. The zero-order valence-electron chi connectivity index (χ0n) is 10.0. The highest BCUT2D eigenvalue weighted by Gasteiger charge is 2.32. The summed E-state index contributed by atoms with van der Waals surface area (Å²) in [6, 6.07) is 4.58. The van der Waals surface area contributed by atoms with Gasteiger partial charge in [-0.2, -0.15) is 0 Å². The number of hydrogen-bond acceptors (Lipinski definition) is 2. The van der Waals surface area contributed by atoms with Crippen molar-refractivity contribution >= 4 is 52.7 Å². The molecule has 0 atom stereocenters. The Labute approximate surface area is 126 Å². The van der Waals surface area contributed by atoms with E-state index in [1.54, 1.807) is 32.9 Å². The van der Waals surface area contributed by atoms with Crippen LogP contribution in [0, 0.1) is 0 Å². The van der Waals surface area contributed by atoms with Crippen LogP contribution < -0.4 is 0 Å². The molecule has 100 valence electrons. The number of hydrazine groups is 1. The van der Waals surface area contributed by atoms with Crippen LogP contribution in [-0.2, 0) is 0 Å². The van der Waals surface area contributed by atoms with E-state index in [1.165, 1.54) is 11.1 Å². The molecule has 1 amide bonds. The van der Waals surface area contributed by atoms with Crippen LogP contribution in [0.15, 0.2) is 18.2 Å². The molecule has 3 nitrogen and oxygen atoms in total. The van der Waals surface area contributed by atoms with Gasteiger partial charge in [0.1, 0.15) is 0 Å². The molecule has 0 aliphatic heterocycles. The third-order valence-corrected chi connectivity index (χ3v) is 3.19. The largest absolute Gasteiger partial charge is 0.270 e. The van der Waals surface area contributed by atoms with Crippen LogP contribution in [0.1, 0.15) is 31.1 Å². The fraction of sp³-hybridized carbons (Fsp3) is 0.364. The fourth-order valence-electron chi connectivity index (χ4n) is 1.35. The second-order valence-electron chi connectivity index (χ2n) is 4.63. The molecule has 0 radical (unpaired) electrons. The van der Waals surface area contributed by atoms with Crippen molar-refractivity contribution in [2.24, 2.45) is 0 Å². The van der Waals surface area contributed by atoms with E-state index < -0.39 is 5.54 Å². The van der Waals surface area contributed by atoms with E-state index in [2.05, 4.69) is 0 Å². The molecule has 0 aromatic heterocycles. The Hall–Kier alpha value is -0.190. The van der Waals surface area contributed by atoms with E-state index in [1.807, 2.05) is 0 Å². The molecule has 0 unspecified atom stereocenters. The lowest BCUT2D eigenvalue weighted by atomic mass is 10.1. The average Bonchev–Trinajstić information content (AvgIpc) is 2.19. The van der Waals surface area contributed by atoms with Gasteiger partial charge >= 0.3 is 0 Å². The number of amides is 1. The zero-order valence-corrected chi connectivity index (χ0v) is 13.1. The molecule has 0 saturated heterocycles. The Kier molecular flexibility index (Phi) is 5.15. The maximum absolute atomic E-state index is 12.3. The Morgan fingerprint density at radius 1 is 1.11 bits per heavy atom. The summed E-state index contributed by atoms with van der Waals surface area (Å²) in [4.78, 5) is 12.3. The number of carbonyl (C=O) groups excluding carboxylic acids is 1. The molecule has 0 spiro atoms. The van der Waals surface area contributed by atoms with Gasteiger partial charge in [0.25, 0.3) is 5.91 Å². The number of rotatable bonds is 2. The summed E-state index contributed by atoms with van der Waals surface area (Å²) in [5, 5.41) is 1.88. The topological polar surface area (TPSA) is 23.6 Å². The van der Waals surface area contributed by atoms with Gasteiger partial charge in [0.2, 0.25) is 0 Å². The predicted octanol–water partition coefficient (Wildman–Crippen LogP) is 4.76. The molecule has 1 aromatic carbocycles. The lowest BCUT2D eigenvalue weighted by Gasteiger charge is -2.36. The number of carbonyl (C=O) groups is 1. The summed E-state index contributed by atoms with van der Waals surface area (Å²) in [6.45, 7) is 5.42. The molecule has 0 bridgehead atoms. The van der Waals surface area contributed by atoms with Gasteiger partial charge in [-0.05, 0) is 43.0 Å². The summed E-state index contributed by atoms with van der Waals surface area (Å²) < 4.78 is 0.713. The summed E-state index contributed by atoms with van der Waals surface area (Å²) in [7, 11) is 0. The van der Waals surface area contributed by atoms with Crippen LogP contribution in [0.25, 0.3) is 0 Å². The third-order valence-electron chi connectivity index (χ3n) is 2.15. The fourth-order valence-corrected chi connectivity index (χ4v) is 2.24. The summed E-state index contributed by atoms with van der Waals surface area (Å²) in [6.07, 6.45) is 0. The summed E-state index contributed by atoms with van der Waals surface area (Å²) in [5.74, 6) is -0.369. The van der Waals surface area contributed by atoms with E-state index in [0.717, 1.165) is 0 Å². The molecule has 0 N–H and O–H groups in total. The Bertz CT molecular complexity index is 457. The van der Waals surface area contributed by atoms with Crippen molar-refractivity contribution in [3.8, 4) is 0 Å². The van der Waals surface area contributed by atoms with Gasteiger partial charge in [0, 0.05) is 29.1 Å². The number of benzene rings is 1. The Morgan fingerprint density at radius 3 is 2.06 bits per heavy atom. The molecule has 0 fully saturated rings. The first-order chi connectivity index (χ1) is 8.14. The van der Waals surface area contributed by atoms with Crippen molar-refractivity contribution in [2.45, 2.75) is 26.3 Å². The Morgan fingerprint density at radius 2 is 1.67 bits per heavy atom. The quantitative estimate of drug-likeness (QED) is 0.577. The second-order valence-corrected chi connectivity index (χ2v) is 6.26. The average molecular weight is 330 g/mol. The van der Waals surface area contributed by atoms with Crippen LogP contribution in [-0.4, -0.2) is 20.5 Å². The molecule has 1 aromatic rings. The normalized spacial score (nSPS) is 11.8. The minimum absolute atomic E-state index is 0.298. The number of nitrogens with zero attached hydrogens (tertiary/aromatic N) is 2. The van der Waals surface area contributed by atoms with Crippen LogP contribution in [0.4, 0.5) is 0 Å². The molecule has 18 heavy (non-hydrogen) atoms. The Balaban J connectivity index is 3.14. The van der Waals surface area contributed by atoms with Crippen molar-refractivity contribution in [1.29, 1.82) is 0 Å². The molecular weight excluding hydrogens is 318 g/mol. The molecule has 1 rings (SSSR count). The lowest BCUT2D eigenvalue weighted by molar-refractivity contribution is 0.0244. The number of hydrogen-bond donors (Lipinski definition) is 0. The van der Waals surface area contributed by atoms with Crippen molar-refractivity contribution in [1.82, 2.24) is 9.06 Å². The first-order valence-electron chi connectivity index (χ1n) is 5.06. The van der Waals surface area contributed by atoms with Gasteiger partial charge in [-0.1, -0.05) is 23.2 Å². The zero-order chi connectivity index (χ0) is 14.1. The molecule has 7 heteroatoms. The third kappa shape index (κ3) is 3.65. The second kappa shape index (κ2) is 5.85. The first-order valence-corrected chi connectivity index (χ1v) is 6.49. The van der Waals surface area contributed by atoms with E-state index in [0.29, 0.717) is 19.7 Å². The molecule has 0 aliphatic carbocycles. The maximum Gasteiger partial charge on any atom is 0.270 e. The van der Waals surface area contributed by atoms with E-state index in [-0.39, 0.29) is 5.91 Å². The van der Waals surface area contributed by atoms with Crippen LogP contribution in [0.3, 0.4) is 0 Å². The highest BCUT2D eigenvalue weighted by atomic mass is 35.5. The van der Waals surface area contributed by atoms with Crippen molar-refractivity contribution < 1.29 is 4.79 Å². The molecule has 0 heterocycles. The highest BCUT2D eigenvalue weighted by molar-refractivity contribution is 6.42. The smallest absolute Gasteiger partial charge is 0.268 e. The minimum atomic E-state index is -0.577. The van der Waals surface area contributed by atoms with Gasteiger partial charge in [-0.15, -0.1) is 0 Å². The first kappa shape index (κ1) is 15.9. The van der Waals surface area contributed by atoms with Crippen LogP contribution in [0.5, 0.6) is 0 Å². The number of halogens is 4. The predicted molar refractivity (Wildman–Crippen MR) is 75.9 cm³/mol. The molecule has 0 saturated carbocycles. The van der Waals surface area contributed by atoms with Gasteiger partial charge in [-0.3, -0.25) is 4.79 Å². The van der Waals surface area contributed by atoms with Gasteiger partial charge in [0.05, 0.1) is 15.6 Å². The monoisotopic (exact) mass is 328 g/mol. The van der Waals surface area contributed by atoms with E-state index >= 15 is 0 Å². The van der Waals surface area contributed by atoms with Crippen molar-refractivity contribution in [3.05, 3.63) is 33.8 Å². The minimum Gasteiger partial charge on any atom is -0.268 e. The van der Waals surface area contributed by atoms with Gasteiger partial charge < -0.3 is 0 Å². The summed E-state index contributed by atoms with van der Waals surface area (Å²) in [5.41, 5.74) is -0.224. The summed E-state index contributed by atoms with van der Waals surface area (Å²) >= 11 is 23.1. The van der Waals surface area contributed by atoms with Crippen molar-refractivity contribution in [2.75, 3.05) is 0 Å². The molecule has 0 aliphatic rings. The van der Waals surface area contributed by atoms with Gasteiger partial charge in [0.15, 0.2) is 0 Å². The molecular formula is C11H12Cl4N2O. The van der Waals surface area contributed by atoms with Gasteiger partial charge in [-0.25, -0.2) is 5.01 Å². The lowest BCUT2D eigenvalue weighted by Crippen LogP contribution is -2.49. The van der Waals surface area contributed by atoms with Crippen molar-refractivity contribution in [3.63, 3.8) is 0 Å². The maximum atomic E-state index is 12.3. The highest BCUT2D eigenvalue weighted by Crippen LogP contribution is 2.27.